The molecule has 1 aliphatic heterocycles. The zero-order valence-electron chi connectivity index (χ0n) is 8.43. The molecule has 0 unspecified atom stereocenters. The maximum Gasteiger partial charge on any atom is 0.00206 e. The van der Waals surface area contributed by atoms with Gasteiger partial charge in [0.15, 0.2) is 0 Å². The molecule has 1 N–H and O–H groups in total. The molecule has 2 rings (SSSR count). The maximum atomic E-state index is 3.40. The number of rotatable bonds is 1. The van der Waals surface area contributed by atoms with E-state index in [0.717, 1.165) is 12.5 Å². The van der Waals surface area contributed by atoms with Crippen LogP contribution in [-0.4, -0.2) is 13.1 Å². The van der Waals surface area contributed by atoms with Crippen LogP contribution >= 0.6 is 0 Å². The molecule has 1 atom stereocenters. The lowest BCUT2D eigenvalue weighted by atomic mass is 9.95. The van der Waals surface area contributed by atoms with E-state index in [1.54, 1.807) is 0 Å². The minimum atomic E-state index is 0.749. The lowest BCUT2D eigenvalue weighted by Crippen LogP contribution is -2.08. The molecule has 0 aliphatic carbocycles. The van der Waals surface area contributed by atoms with E-state index in [9.17, 15) is 0 Å². The van der Waals surface area contributed by atoms with Gasteiger partial charge in [-0.05, 0) is 49.4 Å². The van der Waals surface area contributed by atoms with Gasteiger partial charge in [0, 0.05) is 6.54 Å². The molecule has 1 heterocycles. The van der Waals surface area contributed by atoms with Crippen LogP contribution in [0.5, 0.6) is 0 Å². The molecule has 70 valence electrons. The molecule has 0 bridgehead atoms. The summed E-state index contributed by atoms with van der Waals surface area (Å²) in [5.74, 6) is 0.749. The van der Waals surface area contributed by atoms with Gasteiger partial charge < -0.3 is 5.32 Å². The predicted molar refractivity (Wildman–Crippen MR) is 56.1 cm³/mol. The first-order chi connectivity index (χ1) is 6.27. The number of nitrogens with one attached hydrogen (secondary N) is 1. The first kappa shape index (κ1) is 8.76. The summed E-state index contributed by atoms with van der Waals surface area (Å²) in [5.41, 5.74) is 4.33. The SMILES string of the molecule is Cc1ccc([C@@H]2CCNC2)cc1C. The van der Waals surface area contributed by atoms with Crippen molar-refractivity contribution in [1.82, 2.24) is 5.32 Å². The Morgan fingerprint density at radius 3 is 2.69 bits per heavy atom. The normalized spacial score (nSPS) is 22.2. The first-order valence-electron chi connectivity index (χ1n) is 5.05. The minimum Gasteiger partial charge on any atom is -0.316 e. The van der Waals surface area contributed by atoms with E-state index in [1.807, 2.05) is 0 Å². The summed E-state index contributed by atoms with van der Waals surface area (Å²) in [6, 6.07) is 6.86. The topological polar surface area (TPSA) is 12.0 Å². The van der Waals surface area contributed by atoms with E-state index in [0.29, 0.717) is 0 Å². The summed E-state index contributed by atoms with van der Waals surface area (Å²) in [6.07, 6.45) is 1.29. The minimum absolute atomic E-state index is 0.749. The molecule has 0 aromatic heterocycles. The van der Waals surface area contributed by atoms with Crippen LogP contribution in [0.15, 0.2) is 18.2 Å². The highest BCUT2D eigenvalue weighted by Crippen LogP contribution is 2.23. The standard InChI is InChI=1S/C12H17N/c1-9-3-4-11(7-10(9)2)12-5-6-13-8-12/h3-4,7,12-13H,5-6,8H2,1-2H3/t12-/m1/s1. The molecule has 0 saturated carbocycles. The molecule has 0 spiro atoms. The van der Waals surface area contributed by atoms with Crippen LogP contribution < -0.4 is 5.32 Å². The Bertz CT molecular complexity index is 298. The van der Waals surface area contributed by atoms with Crippen LogP contribution in [0, 0.1) is 13.8 Å². The van der Waals surface area contributed by atoms with Crippen LogP contribution in [-0.2, 0) is 0 Å². The summed E-state index contributed by atoms with van der Waals surface area (Å²) in [6.45, 7) is 6.70. The van der Waals surface area contributed by atoms with E-state index in [1.165, 1.54) is 29.7 Å². The Balaban J connectivity index is 2.25. The summed E-state index contributed by atoms with van der Waals surface area (Å²) in [5, 5.41) is 3.40. The summed E-state index contributed by atoms with van der Waals surface area (Å²) < 4.78 is 0. The van der Waals surface area contributed by atoms with Crippen molar-refractivity contribution in [3.63, 3.8) is 0 Å². The van der Waals surface area contributed by atoms with Gasteiger partial charge in [-0.2, -0.15) is 0 Å². The van der Waals surface area contributed by atoms with E-state index < -0.39 is 0 Å². The van der Waals surface area contributed by atoms with Crippen molar-refractivity contribution in [3.8, 4) is 0 Å². The van der Waals surface area contributed by atoms with Crippen LogP contribution in [0.2, 0.25) is 0 Å². The Labute approximate surface area is 80.2 Å². The number of aryl methyl sites for hydroxylation is 2. The van der Waals surface area contributed by atoms with Gasteiger partial charge >= 0.3 is 0 Å². The van der Waals surface area contributed by atoms with Crippen molar-refractivity contribution in [2.45, 2.75) is 26.2 Å². The molecule has 1 heteroatoms. The lowest BCUT2D eigenvalue weighted by Gasteiger charge is -2.10. The Morgan fingerprint density at radius 1 is 1.23 bits per heavy atom. The average Bonchev–Trinajstić information content (AvgIpc) is 2.62. The first-order valence-corrected chi connectivity index (χ1v) is 5.05. The van der Waals surface area contributed by atoms with Gasteiger partial charge in [0.25, 0.3) is 0 Å². The van der Waals surface area contributed by atoms with Crippen LogP contribution in [0.3, 0.4) is 0 Å². The smallest absolute Gasteiger partial charge is 0.00206 e. The van der Waals surface area contributed by atoms with Crippen molar-refractivity contribution < 1.29 is 0 Å². The second-order valence-corrected chi connectivity index (χ2v) is 4.03. The molecule has 0 amide bonds. The van der Waals surface area contributed by atoms with Gasteiger partial charge in [0.2, 0.25) is 0 Å². The largest absolute Gasteiger partial charge is 0.316 e. The Morgan fingerprint density at radius 2 is 2.08 bits per heavy atom. The summed E-state index contributed by atoms with van der Waals surface area (Å²) in [4.78, 5) is 0. The van der Waals surface area contributed by atoms with E-state index in [2.05, 4.69) is 37.4 Å². The molecular weight excluding hydrogens is 158 g/mol. The molecule has 1 saturated heterocycles. The van der Waals surface area contributed by atoms with Crippen LogP contribution in [0.25, 0.3) is 0 Å². The molecule has 13 heavy (non-hydrogen) atoms. The summed E-state index contributed by atoms with van der Waals surface area (Å²) >= 11 is 0. The van der Waals surface area contributed by atoms with Gasteiger partial charge in [-0.25, -0.2) is 0 Å². The van der Waals surface area contributed by atoms with Gasteiger partial charge in [-0.15, -0.1) is 0 Å². The fourth-order valence-corrected chi connectivity index (χ4v) is 1.96. The van der Waals surface area contributed by atoms with Gasteiger partial charge in [-0.1, -0.05) is 18.2 Å². The highest BCUT2D eigenvalue weighted by Gasteiger charge is 2.16. The number of hydrogen-bond acceptors (Lipinski definition) is 1. The fraction of sp³-hybridized carbons (Fsp3) is 0.500. The van der Waals surface area contributed by atoms with E-state index in [-0.39, 0.29) is 0 Å². The Hall–Kier alpha value is -0.820. The van der Waals surface area contributed by atoms with E-state index in [4.69, 9.17) is 0 Å². The van der Waals surface area contributed by atoms with Gasteiger partial charge in [-0.3, -0.25) is 0 Å². The van der Waals surface area contributed by atoms with E-state index >= 15 is 0 Å². The monoisotopic (exact) mass is 175 g/mol. The van der Waals surface area contributed by atoms with Crippen molar-refractivity contribution in [3.05, 3.63) is 34.9 Å². The summed E-state index contributed by atoms with van der Waals surface area (Å²) in [7, 11) is 0. The van der Waals surface area contributed by atoms with Crippen LogP contribution in [0.4, 0.5) is 0 Å². The molecular formula is C12H17N. The average molecular weight is 175 g/mol. The fourth-order valence-electron chi connectivity index (χ4n) is 1.96. The third-order valence-corrected chi connectivity index (χ3v) is 3.06. The molecule has 1 nitrogen and oxygen atoms in total. The second kappa shape index (κ2) is 3.51. The highest BCUT2D eigenvalue weighted by molar-refractivity contribution is 5.32. The van der Waals surface area contributed by atoms with Crippen molar-refractivity contribution in [2.24, 2.45) is 0 Å². The van der Waals surface area contributed by atoms with Crippen molar-refractivity contribution >= 4 is 0 Å². The number of benzene rings is 1. The van der Waals surface area contributed by atoms with Crippen LogP contribution in [0.1, 0.15) is 29.0 Å². The zero-order valence-corrected chi connectivity index (χ0v) is 8.43. The predicted octanol–water partition coefficient (Wildman–Crippen LogP) is 2.38. The molecule has 0 radical (unpaired) electrons. The number of hydrogen-bond donors (Lipinski definition) is 1. The zero-order chi connectivity index (χ0) is 9.26. The second-order valence-electron chi connectivity index (χ2n) is 4.03. The lowest BCUT2D eigenvalue weighted by molar-refractivity contribution is 0.762. The van der Waals surface area contributed by atoms with Crippen molar-refractivity contribution in [1.29, 1.82) is 0 Å². The third kappa shape index (κ3) is 1.75. The quantitative estimate of drug-likeness (QED) is 0.691. The Kier molecular flexibility index (Phi) is 2.36. The third-order valence-electron chi connectivity index (χ3n) is 3.06. The van der Waals surface area contributed by atoms with Crippen molar-refractivity contribution in [2.75, 3.05) is 13.1 Å². The van der Waals surface area contributed by atoms with Gasteiger partial charge in [0.05, 0.1) is 0 Å². The maximum absolute atomic E-state index is 3.40. The molecule has 1 fully saturated rings. The highest BCUT2D eigenvalue weighted by atomic mass is 14.9. The van der Waals surface area contributed by atoms with Gasteiger partial charge in [0.1, 0.15) is 0 Å². The molecule has 1 aliphatic rings. The molecule has 1 aromatic carbocycles. The molecule has 1 aromatic rings.